The molecule has 0 saturated carbocycles. The molecule has 0 heterocycles. The molecular weight excluding hydrogens is 593 g/mol. The molecule has 240 valence electrons. The third-order valence-corrected chi connectivity index (χ3v) is 9.01. The third kappa shape index (κ3) is 7.20. The summed E-state index contributed by atoms with van der Waals surface area (Å²) in [7, 11) is 0. The second-order valence-electron chi connectivity index (χ2n) is 13.1. The number of hydrogen-bond donors (Lipinski definition) is 0. The number of benzene rings is 7. The molecule has 0 aliphatic carbocycles. The van der Waals surface area contributed by atoms with Crippen LogP contribution in [-0.2, 0) is 6.42 Å². The molecule has 0 aliphatic heterocycles. The minimum atomic E-state index is 0.789. The van der Waals surface area contributed by atoms with Crippen molar-refractivity contribution in [2.45, 2.75) is 34.1 Å². The lowest BCUT2D eigenvalue weighted by Gasteiger charge is -2.31. The van der Waals surface area contributed by atoms with Crippen molar-refractivity contribution >= 4 is 34.1 Å². The summed E-state index contributed by atoms with van der Waals surface area (Å²) in [6.07, 6.45) is 0.789. The van der Waals surface area contributed by atoms with E-state index in [1.54, 1.807) is 0 Å². The maximum absolute atomic E-state index is 2.40. The van der Waals surface area contributed by atoms with Crippen molar-refractivity contribution in [2.75, 3.05) is 9.80 Å². The van der Waals surface area contributed by atoms with E-state index in [-0.39, 0.29) is 0 Å². The van der Waals surface area contributed by atoms with Gasteiger partial charge < -0.3 is 9.80 Å². The molecule has 0 fully saturated rings. The van der Waals surface area contributed by atoms with Crippen LogP contribution in [0.1, 0.15) is 33.4 Å². The summed E-state index contributed by atoms with van der Waals surface area (Å²) in [5.41, 5.74) is 16.7. The predicted octanol–water partition coefficient (Wildman–Crippen LogP) is 13.1. The Bertz CT molecular complexity index is 2010. The fraction of sp³-hybridized carbons (Fsp3) is 0.106. The minimum absolute atomic E-state index is 0.789. The summed E-state index contributed by atoms with van der Waals surface area (Å²) in [6, 6.07) is 61.9. The van der Waals surface area contributed by atoms with Crippen LogP contribution < -0.4 is 9.80 Å². The second-order valence-corrected chi connectivity index (χ2v) is 13.1. The van der Waals surface area contributed by atoms with Crippen LogP contribution in [0.2, 0.25) is 0 Å². The van der Waals surface area contributed by atoms with Gasteiger partial charge >= 0.3 is 0 Å². The average molecular weight is 635 g/mol. The number of rotatable bonds is 9. The van der Waals surface area contributed by atoms with E-state index in [0.717, 1.165) is 40.5 Å². The first-order chi connectivity index (χ1) is 23.9. The Morgan fingerprint density at radius 3 is 1.18 bits per heavy atom. The number of nitrogens with zero attached hydrogens (tertiary/aromatic N) is 2. The molecule has 7 rings (SSSR count). The van der Waals surface area contributed by atoms with Gasteiger partial charge in [0.25, 0.3) is 0 Å². The van der Waals surface area contributed by atoms with Crippen LogP contribution in [0.4, 0.5) is 34.1 Å². The number of hydrogen-bond acceptors (Lipinski definition) is 2. The van der Waals surface area contributed by atoms with Crippen molar-refractivity contribution in [3.05, 3.63) is 203 Å². The standard InChI is InChI=1S/C47H42N2/c1-34-14-10-21-41(26-34)48(42-22-11-15-35(2)27-42)45-31-38(30-40-20-8-9-25-47(40)39-18-6-5-7-19-39)32-46(33-45)49(43-23-12-16-36(3)28-43)44-24-13-17-37(4)29-44/h5-29,31-33H,30H2,1-4H3. The molecule has 0 aliphatic rings. The highest BCUT2D eigenvalue weighted by Gasteiger charge is 2.20. The molecule has 49 heavy (non-hydrogen) atoms. The Morgan fingerprint density at radius 1 is 0.347 bits per heavy atom. The monoisotopic (exact) mass is 634 g/mol. The van der Waals surface area contributed by atoms with E-state index >= 15 is 0 Å². The van der Waals surface area contributed by atoms with Gasteiger partial charge in [0.05, 0.1) is 0 Å². The van der Waals surface area contributed by atoms with E-state index < -0.39 is 0 Å². The van der Waals surface area contributed by atoms with Gasteiger partial charge in [0.1, 0.15) is 0 Å². The third-order valence-electron chi connectivity index (χ3n) is 9.01. The maximum atomic E-state index is 2.40. The fourth-order valence-electron chi connectivity index (χ4n) is 6.77. The summed E-state index contributed by atoms with van der Waals surface area (Å²) in [5.74, 6) is 0. The summed E-state index contributed by atoms with van der Waals surface area (Å²) in [4.78, 5) is 4.81. The van der Waals surface area contributed by atoms with Gasteiger partial charge in [-0.05, 0) is 145 Å². The van der Waals surface area contributed by atoms with Crippen molar-refractivity contribution in [1.82, 2.24) is 0 Å². The molecule has 0 N–H and O–H groups in total. The molecule has 0 aromatic heterocycles. The quantitative estimate of drug-likeness (QED) is 0.156. The summed E-state index contributed by atoms with van der Waals surface area (Å²) < 4.78 is 0. The molecular formula is C47H42N2. The predicted molar refractivity (Wildman–Crippen MR) is 209 cm³/mol. The molecule has 2 nitrogen and oxygen atoms in total. The van der Waals surface area contributed by atoms with Crippen LogP contribution in [-0.4, -0.2) is 0 Å². The van der Waals surface area contributed by atoms with Gasteiger partial charge in [0.15, 0.2) is 0 Å². The summed E-state index contributed by atoms with van der Waals surface area (Å²) in [6.45, 7) is 8.66. The van der Waals surface area contributed by atoms with E-state index in [9.17, 15) is 0 Å². The Balaban J connectivity index is 1.48. The molecule has 0 amide bonds. The van der Waals surface area contributed by atoms with Crippen LogP contribution in [0.15, 0.2) is 170 Å². The minimum Gasteiger partial charge on any atom is -0.310 e. The zero-order valence-corrected chi connectivity index (χ0v) is 28.8. The lowest BCUT2D eigenvalue weighted by molar-refractivity contribution is 1.16. The summed E-state index contributed by atoms with van der Waals surface area (Å²) in [5, 5.41) is 0. The van der Waals surface area contributed by atoms with Crippen LogP contribution in [0.5, 0.6) is 0 Å². The molecule has 0 unspecified atom stereocenters. The Hall–Kier alpha value is -5.86. The van der Waals surface area contributed by atoms with Crippen molar-refractivity contribution in [3.63, 3.8) is 0 Å². The van der Waals surface area contributed by atoms with Gasteiger partial charge in [0.2, 0.25) is 0 Å². The molecule has 7 aromatic carbocycles. The van der Waals surface area contributed by atoms with Crippen molar-refractivity contribution in [2.24, 2.45) is 0 Å². The highest BCUT2D eigenvalue weighted by molar-refractivity contribution is 5.84. The first-order valence-corrected chi connectivity index (χ1v) is 17.1. The summed E-state index contributed by atoms with van der Waals surface area (Å²) >= 11 is 0. The highest BCUT2D eigenvalue weighted by atomic mass is 15.2. The van der Waals surface area contributed by atoms with Gasteiger partial charge in [-0.3, -0.25) is 0 Å². The van der Waals surface area contributed by atoms with Gasteiger partial charge in [-0.15, -0.1) is 0 Å². The maximum Gasteiger partial charge on any atom is 0.0485 e. The van der Waals surface area contributed by atoms with Gasteiger partial charge in [-0.1, -0.05) is 103 Å². The zero-order chi connectivity index (χ0) is 33.7. The fourth-order valence-corrected chi connectivity index (χ4v) is 6.77. The van der Waals surface area contributed by atoms with E-state index in [1.807, 2.05) is 0 Å². The number of anilines is 6. The Labute approximate surface area is 291 Å². The molecule has 0 bridgehead atoms. The van der Waals surface area contributed by atoms with Crippen molar-refractivity contribution in [3.8, 4) is 11.1 Å². The van der Waals surface area contributed by atoms with Gasteiger partial charge in [0, 0.05) is 34.1 Å². The largest absolute Gasteiger partial charge is 0.310 e. The normalized spacial score (nSPS) is 10.9. The smallest absolute Gasteiger partial charge is 0.0485 e. The molecule has 2 heteroatoms. The zero-order valence-electron chi connectivity index (χ0n) is 28.8. The van der Waals surface area contributed by atoms with E-state index in [1.165, 1.54) is 44.5 Å². The average Bonchev–Trinajstić information content (AvgIpc) is 3.09. The van der Waals surface area contributed by atoms with Crippen LogP contribution in [0.3, 0.4) is 0 Å². The molecule has 0 saturated heterocycles. The van der Waals surface area contributed by atoms with Crippen molar-refractivity contribution in [1.29, 1.82) is 0 Å². The number of aryl methyl sites for hydroxylation is 4. The van der Waals surface area contributed by atoms with E-state index in [4.69, 9.17) is 0 Å². The second kappa shape index (κ2) is 14.1. The topological polar surface area (TPSA) is 6.48 Å². The Morgan fingerprint density at radius 2 is 0.755 bits per heavy atom. The van der Waals surface area contributed by atoms with E-state index in [2.05, 4.69) is 207 Å². The van der Waals surface area contributed by atoms with Crippen LogP contribution in [0, 0.1) is 27.7 Å². The van der Waals surface area contributed by atoms with E-state index in [0.29, 0.717) is 0 Å². The highest BCUT2D eigenvalue weighted by Crippen LogP contribution is 2.42. The van der Waals surface area contributed by atoms with Crippen LogP contribution in [0.25, 0.3) is 11.1 Å². The SMILES string of the molecule is Cc1cccc(N(c2cccc(C)c2)c2cc(Cc3ccccc3-c3ccccc3)cc(N(c3cccc(C)c3)c3cccc(C)c3)c2)c1. The first kappa shape index (κ1) is 31.7. The first-order valence-electron chi connectivity index (χ1n) is 17.1. The molecule has 0 radical (unpaired) electrons. The van der Waals surface area contributed by atoms with Crippen molar-refractivity contribution < 1.29 is 0 Å². The van der Waals surface area contributed by atoms with Gasteiger partial charge in [-0.2, -0.15) is 0 Å². The Kier molecular flexibility index (Phi) is 9.12. The van der Waals surface area contributed by atoms with Gasteiger partial charge in [-0.25, -0.2) is 0 Å². The molecule has 7 aromatic rings. The molecule has 0 spiro atoms. The van der Waals surface area contributed by atoms with Crippen LogP contribution >= 0.6 is 0 Å². The lowest BCUT2D eigenvalue weighted by Crippen LogP contribution is -2.14. The molecule has 0 atom stereocenters. The lowest BCUT2D eigenvalue weighted by atomic mass is 9.94.